The molecule has 158 valence electrons. The van der Waals surface area contributed by atoms with E-state index in [0.29, 0.717) is 38.2 Å². The maximum Gasteiger partial charge on any atom is 0.225 e. The highest BCUT2D eigenvalue weighted by Gasteiger charge is 2.35. The predicted molar refractivity (Wildman–Crippen MR) is 108 cm³/mol. The average Bonchev–Trinajstić information content (AvgIpc) is 3.36. The van der Waals surface area contributed by atoms with Crippen LogP contribution in [-0.4, -0.2) is 70.7 Å². The molecule has 0 saturated carbocycles. The average molecular weight is 440 g/mol. The van der Waals surface area contributed by atoms with Crippen LogP contribution in [0.3, 0.4) is 0 Å². The van der Waals surface area contributed by atoms with Crippen LogP contribution in [0.2, 0.25) is 0 Å². The molecule has 0 aromatic carbocycles. The number of likely N-dealkylation sites (tertiary alicyclic amines) is 1. The SMILES string of the molecule is Cc1cc(-c2snnc2[C@H]2CCCN(C(=O)C3CCN(S(C)(=O)=O)CC3)C2)on1. The molecular weight excluding hydrogens is 414 g/mol. The Morgan fingerprint density at radius 3 is 2.66 bits per heavy atom. The fourth-order valence-electron chi connectivity index (χ4n) is 4.20. The third-order valence-corrected chi connectivity index (χ3v) is 7.82. The number of carbonyl (C=O) groups is 1. The highest BCUT2D eigenvalue weighted by atomic mass is 32.2. The van der Waals surface area contributed by atoms with Crippen LogP contribution in [0.5, 0.6) is 0 Å². The molecule has 0 spiro atoms. The Morgan fingerprint density at radius 1 is 1.24 bits per heavy atom. The van der Waals surface area contributed by atoms with Gasteiger partial charge in [-0.25, -0.2) is 12.7 Å². The predicted octanol–water partition coefficient (Wildman–Crippen LogP) is 1.88. The molecule has 2 saturated heterocycles. The number of piperidine rings is 2. The molecule has 29 heavy (non-hydrogen) atoms. The van der Waals surface area contributed by atoms with Gasteiger partial charge in [-0.1, -0.05) is 9.64 Å². The fourth-order valence-corrected chi connectivity index (χ4v) is 5.77. The summed E-state index contributed by atoms with van der Waals surface area (Å²) in [5, 5.41) is 8.29. The zero-order valence-electron chi connectivity index (χ0n) is 16.6. The normalized spacial score (nSPS) is 22.1. The lowest BCUT2D eigenvalue weighted by molar-refractivity contribution is -0.138. The van der Waals surface area contributed by atoms with Crippen LogP contribution in [0, 0.1) is 12.8 Å². The van der Waals surface area contributed by atoms with Gasteiger partial charge in [-0.3, -0.25) is 4.79 Å². The lowest BCUT2D eigenvalue weighted by atomic mass is 9.91. The van der Waals surface area contributed by atoms with Gasteiger partial charge >= 0.3 is 0 Å². The summed E-state index contributed by atoms with van der Waals surface area (Å²) >= 11 is 1.29. The van der Waals surface area contributed by atoms with Crippen LogP contribution >= 0.6 is 11.5 Å². The Labute approximate surface area is 174 Å². The van der Waals surface area contributed by atoms with Crippen LogP contribution in [-0.2, 0) is 14.8 Å². The lowest BCUT2D eigenvalue weighted by Crippen LogP contribution is -2.46. The lowest BCUT2D eigenvalue weighted by Gasteiger charge is -2.37. The Bertz CT molecular complexity index is 978. The van der Waals surface area contributed by atoms with Gasteiger partial charge in [-0.2, -0.15) is 0 Å². The number of hydrogen-bond acceptors (Lipinski definition) is 8. The van der Waals surface area contributed by atoms with Gasteiger partial charge in [0.2, 0.25) is 15.9 Å². The van der Waals surface area contributed by atoms with Crippen molar-refractivity contribution >= 4 is 27.5 Å². The summed E-state index contributed by atoms with van der Waals surface area (Å²) in [6, 6.07) is 1.88. The molecule has 0 radical (unpaired) electrons. The molecule has 4 rings (SSSR count). The zero-order valence-corrected chi connectivity index (χ0v) is 18.2. The molecule has 1 atom stereocenters. The minimum atomic E-state index is -3.19. The number of rotatable bonds is 4. The van der Waals surface area contributed by atoms with E-state index in [1.807, 2.05) is 17.9 Å². The summed E-state index contributed by atoms with van der Waals surface area (Å²) in [4.78, 5) is 15.9. The van der Waals surface area contributed by atoms with Crippen molar-refractivity contribution < 1.29 is 17.7 Å². The number of amides is 1. The molecule has 2 aliphatic rings. The summed E-state index contributed by atoms with van der Waals surface area (Å²) < 4.78 is 34.4. The molecule has 0 aliphatic carbocycles. The van der Waals surface area contributed by atoms with Crippen molar-refractivity contribution in [3.63, 3.8) is 0 Å². The molecule has 4 heterocycles. The Kier molecular flexibility index (Phi) is 5.71. The number of hydrogen-bond donors (Lipinski definition) is 0. The minimum absolute atomic E-state index is 0.114. The topological polar surface area (TPSA) is 110 Å². The second-order valence-corrected chi connectivity index (χ2v) is 10.6. The van der Waals surface area contributed by atoms with Gasteiger partial charge in [0.05, 0.1) is 17.6 Å². The molecule has 0 bridgehead atoms. The second kappa shape index (κ2) is 8.11. The summed E-state index contributed by atoms with van der Waals surface area (Å²) in [7, 11) is -3.19. The number of carbonyl (C=O) groups excluding carboxylic acids is 1. The monoisotopic (exact) mass is 439 g/mol. The quantitative estimate of drug-likeness (QED) is 0.715. The Hall–Kier alpha value is -1.85. The number of aryl methyl sites for hydroxylation is 1. The zero-order chi connectivity index (χ0) is 20.6. The summed E-state index contributed by atoms with van der Waals surface area (Å²) in [6.45, 7) is 4.04. The van der Waals surface area contributed by atoms with Gasteiger partial charge in [-0.15, -0.1) is 5.10 Å². The molecule has 11 heteroatoms. The highest BCUT2D eigenvalue weighted by Crippen LogP contribution is 2.36. The van der Waals surface area contributed by atoms with E-state index >= 15 is 0 Å². The molecule has 2 aromatic rings. The van der Waals surface area contributed by atoms with Crippen molar-refractivity contribution in [3.8, 4) is 10.6 Å². The molecular formula is C18H25N5O4S2. The van der Waals surface area contributed by atoms with E-state index < -0.39 is 10.0 Å². The Morgan fingerprint density at radius 2 is 2.00 bits per heavy atom. The Balaban J connectivity index is 1.43. The molecule has 0 N–H and O–H groups in total. The van der Waals surface area contributed by atoms with E-state index in [9.17, 15) is 13.2 Å². The maximum atomic E-state index is 13.1. The van der Waals surface area contributed by atoms with E-state index in [1.54, 1.807) is 0 Å². The number of sulfonamides is 1. The van der Waals surface area contributed by atoms with Crippen molar-refractivity contribution in [1.29, 1.82) is 0 Å². The van der Waals surface area contributed by atoms with Crippen molar-refractivity contribution in [2.45, 2.75) is 38.5 Å². The molecule has 9 nitrogen and oxygen atoms in total. The van der Waals surface area contributed by atoms with E-state index in [1.165, 1.54) is 22.1 Å². The summed E-state index contributed by atoms with van der Waals surface area (Å²) in [6.07, 6.45) is 4.23. The van der Waals surface area contributed by atoms with E-state index in [4.69, 9.17) is 4.52 Å². The highest BCUT2D eigenvalue weighted by molar-refractivity contribution is 7.88. The van der Waals surface area contributed by atoms with Gasteiger partial charge in [0, 0.05) is 44.1 Å². The van der Waals surface area contributed by atoms with Crippen LogP contribution in [0.1, 0.15) is 43.0 Å². The van der Waals surface area contributed by atoms with Gasteiger partial charge in [-0.05, 0) is 44.1 Å². The number of nitrogens with zero attached hydrogens (tertiary/aromatic N) is 5. The van der Waals surface area contributed by atoms with E-state index in [0.717, 1.165) is 35.7 Å². The summed E-state index contributed by atoms with van der Waals surface area (Å²) in [5.74, 6) is 0.798. The largest absolute Gasteiger partial charge is 0.355 e. The van der Waals surface area contributed by atoms with Gasteiger partial charge in [0.15, 0.2) is 5.76 Å². The van der Waals surface area contributed by atoms with E-state index in [-0.39, 0.29) is 17.7 Å². The van der Waals surface area contributed by atoms with Crippen LogP contribution in [0.15, 0.2) is 10.6 Å². The van der Waals surface area contributed by atoms with Crippen LogP contribution in [0.25, 0.3) is 10.6 Å². The van der Waals surface area contributed by atoms with Gasteiger partial charge in [0.25, 0.3) is 0 Å². The molecule has 2 fully saturated rings. The van der Waals surface area contributed by atoms with Crippen molar-refractivity contribution in [2.75, 3.05) is 32.4 Å². The van der Waals surface area contributed by atoms with Crippen LogP contribution in [0.4, 0.5) is 0 Å². The van der Waals surface area contributed by atoms with E-state index in [2.05, 4.69) is 14.7 Å². The third kappa shape index (κ3) is 4.36. The van der Waals surface area contributed by atoms with Crippen molar-refractivity contribution in [3.05, 3.63) is 17.5 Å². The molecule has 2 aliphatic heterocycles. The molecule has 1 amide bonds. The standard InChI is InChI=1S/C18H25N5O4S2/c1-12-10-15(27-20-12)17-16(19-21-28-17)14-4-3-7-22(11-14)18(24)13-5-8-23(9-6-13)29(2,25)26/h10,13-14H,3-9,11H2,1-2H3/t14-/m0/s1. The summed E-state index contributed by atoms with van der Waals surface area (Å²) in [5.41, 5.74) is 1.68. The minimum Gasteiger partial charge on any atom is -0.355 e. The van der Waals surface area contributed by atoms with Gasteiger partial charge in [0.1, 0.15) is 4.88 Å². The van der Waals surface area contributed by atoms with Gasteiger partial charge < -0.3 is 9.42 Å². The first kappa shape index (κ1) is 20.4. The smallest absolute Gasteiger partial charge is 0.225 e. The second-order valence-electron chi connectivity index (χ2n) is 7.88. The fraction of sp³-hybridized carbons (Fsp3) is 0.667. The maximum absolute atomic E-state index is 13.1. The third-order valence-electron chi connectivity index (χ3n) is 5.76. The molecule has 2 aromatic heterocycles. The first-order chi connectivity index (χ1) is 13.8. The first-order valence-corrected chi connectivity index (χ1v) is 12.4. The van der Waals surface area contributed by atoms with Crippen molar-refractivity contribution in [1.82, 2.24) is 23.9 Å². The van der Waals surface area contributed by atoms with Crippen LogP contribution < -0.4 is 0 Å². The number of aromatic nitrogens is 3. The molecule has 0 unspecified atom stereocenters. The first-order valence-electron chi connectivity index (χ1n) is 9.83. The van der Waals surface area contributed by atoms with Crippen molar-refractivity contribution in [2.24, 2.45) is 5.92 Å².